The third kappa shape index (κ3) is 8.08. The molecule has 2 heterocycles. The number of carbonyl (C=O) groups is 1. The zero-order valence-corrected chi connectivity index (χ0v) is 16.4. The first-order chi connectivity index (χ1) is 11.9. The maximum Gasteiger partial charge on any atom is 0.422 e. The molecule has 1 saturated heterocycles. The first kappa shape index (κ1) is 25.7. The maximum atomic E-state index is 12.4. The van der Waals surface area contributed by atoms with E-state index >= 15 is 0 Å². The topological polar surface area (TPSA) is 72.5 Å². The van der Waals surface area contributed by atoms with Crippen molar-refractivity contribution in [2.75, 3.05) is 40.0 Å². The quantitative estimate of drug-likeness (QED) is 0.691. The Morgan fingerprint density at radius 3 is 2.59 bits per heavy atom. The van der Waals surface area contributed by atoms with Gasteiger partial charge in [-0.2, -0.15) is 13.2 Å². The van der Waals surface area contributed by atoms with Gasteiger partial charge in [-0.3, -0.25) is 4.79 Å². The molecule has 1 aliphatic rings. The summed E-state index contributed by atoms with van der Waals surface area (Å²) in [5.41, 5.74) is -0.210. The zero-order valence-electron chi connectivity index (χ0n) is 14.8. The number of carbonyl (C=O) groups excluding carboxylic acids is 1. The van der Waals surface area contributed by atoms with Gasteiger partial charge in [-0.15, -0.1) is 24.8 Å². The predicted molar refractivity (Wildman–Crippen MR) is 99.0 cm³/mol. The largest absolute Gasteiger partial charge is 0.467 e. The van der Waals surface area contributed by atoms with Gasteiger partial charge in [-0.1, -0.05) is 0 Å². The van der Waals surface area contributed by atoms with E-state index in [0.717, 1.165) is 25.9 Å². The van der Waals surface area contributed by atoms with Crippen molar-refractivity contribution >= 4 is 30.7 Å². The van der Waals surface area contributed by atoms with Crippen molar-refractivity contribution in [3.8, 4) is 5.88 Å². The third-order valence-corrected chi connectivity index (χ3v) is 4.13. The number of halogens is 5. The van der Waals surface area contributed by atoms with E-state index in [1.165, 1.54) is 18.3 Å². The average Bonchev–Trinajstić information content (AvgIpc) is 2.59. The van der Waals surface area contributed by atoms with Crippen LogP contribution in [0.3, 0.4) is 0 Å². The lowest BCUT2D eigenvalue weighted by Crippen LogP contribution is -2.47. The summed E-state index contributed by atoms with van der Waals surface area (Å²) in [6, 6.07) is 2.87. The van der Waals surface area contributed by atoms with Crippen LogP contribution in [0.1, 0.15) is 23.2 Å². The highest BCUT2D eigenvalue weighted by molar-refractivity contribution is 5.96. The number of aromatic nitrogens is 1. The molecule has 0 bridgehead atoms. The lowest BCUT2D eigenvalue weighted by atomic mass is 9.79. The Hall–Kier alpha value is -1.29. The number of nitrogens with zero attached hydrogens (tertiary/aromatic N) is 1. The van der Waals surface area contributed by atoms with Gasteiger partial charge in [0.1, 0.15) is 5.56 Å². The van der Waals surface area contributed by atoms with E-state index in [1.54, 1.807) is 7.11 Å². The minimum Gasteiger partial charge on any atom is -0.467 e. The molecule has 0 aromatic carbocycles. The minimum atomic E-state index is -4.50. The second kappa shape index (κ2) is 11.5. The number of hydrogen-bond acceptors (Lipinski definition) is 5. The Morgan fingerprint density at radius 2 is 2.00 bits per heavy atom. The molecule has 2 N–H and O–H groups in total. The van der Waals surface area contributed by atoms with Gasteiger partial charge < -0.3 is 20.1 Å². The molecule has 1 aliphatic heterocycles. The second-order valence-electron chi connectivity index (χ2n) is 6.13. The fourth-order valence-corrected chi connectivity index (χ4v) is 2.83. The van der Waals surface area contributed by atoms with Crippen LogP contribution in [0.15, 0.2) is 18.3 Å². The van der Waals surface area contributed by atoms with E-state index in [-0.39, 0.29) is 41.7 Å². The molecule has 0 unspecified atom stereocenters. The number of methoxy groups -OCH3 is 1. The van der Waals surface area contributed by atoms with Crippen molar-refractivity contribution < 1.29 is 27.4 Å². The Balaban J connectivity index is 0.00000338. The predicted octanol–water partition coefficient (Wildman–Crippen LogP) is 2.61. The van der Waals surface area contributed by atoms with Crippen molar-refractivity contribution in [3.63, 3.8) is 0 Å². The SMILES string of the molecule is COCC1(CNC(=O)c2cccnc2OCC(F)(F)F)CCNCC1.Cl.Cl. The van der Waals surface area contributed by atoms with Crippen LogP contribution in [0.25, 0.3) is 0 Å². The van der Waals surface area contributed by atoms with Gasteiger partial charge in [0.25, 0.3) is 5.91 Å². The zero-order chi connectivity index (χ0) is 18.3. The molecule has 0 spiro atoms. The smallest absolute Gasteiger partial charge is 0.422 e. The molecule has 1 amide bonds. The summed E-state index contributed by atoms with van der Waals surface area (Å²) in [5, 5.41) is 6.04. The van der Waals surface area contributed by atoms with Crippen molar-refractivity contribution in [1.29, 1.82) is 0 Å². The molecule has 6 nitrogen and oxygen atoms in total. The normalized spacial score (nSPS) is 15.9. The van der Waals surface area contributed by atoms with E-state index < -0.39 is 18.7 Å². The molecular weight excluding hydrogens is 410 g/mol. The van der Waals surface area contributed by atoms with Crippen LogP contribution in [0, 0.1) is 5.41 Å². The van der Waals surface area contributed by atoms with Crippen LogP contribution in [0.2, 0.25) is 0 Å². The van der Waals surface area contributed by atoms with Crippen LogP contribution in [-0.4, -0.2) is 57.0 Å². The maximum absolute atomic E-state index is 12.4. The highest BCUT2D eigenvalue weighted by Crippen LogP contribution is 2.28. The summed E-state index contributed by atoms with van der Waals surface area (Å²) in [6.07, 6.45) is -1.54. The van der Waals surface area contributed by atoms with E-state index in [4.69, 9.17) is 4.74 Å². The highest BCUT2D eigenvalue weighted by Gasteiger charge is 2.33. The average molecular weight is 434 g/mol. The molecule has 1 fully saturated rings. The Kier molecular flexibility index (Phi) is 11.0. The van der Waals surface area contributed by atoms with Gasteiger partial charge in [-0.05, 0) is 38.1 Å². The molecule has 0 saturated carbocycles. The fourth-order valence-electron chi connectivity index (χ4n) is 2.83. The van der Waals surface area contributed by atoms with Gasteiger partial charge in [-0.25, -0.2) is 4.98 Å². The summed E-state index contributed by atoms with van der Waals surface area (Å²) in [7, 11) is 1.61. The summed E-state index contributed by atoms with van der Waals surface area (Å²) >= 11 is 0. The van der Waals surface area contributed by atoms with Gasteiger partial charge in [0, 0.05) is 25.3 Å². The van der Waals surface area contributed by atoms with E-state index in [2.05, 4.69) is 20.4 Å². The monoisotopic (exact) mass is 433 g/mol. The number of rotatable bonds is 7. The third-order valence-electron chi connectivity index (χ3n) is 4.13. The number of pyridine rings is 1. The number of nitrogens with one attached hydrogen (secondary N) is 2. The fraction of sp³-hybridized carbons (Fsp3) is 0.625. The number of hydrogen-bond donors (Lipinski definition) is 2. The van der Waals surface area contributed by atoms with Crippen molar-refractivity contribution in [1.82, 2.24) is 15.6 Å². The molecule has 156 valence electrons. The van der Waals surface area contributed by atoms with Gasteiger partial charge >= 0.3 is 6.18 Å². The van der Waals surface area contributed by atoms with Crippen LogP contribution >= 0.6 is 24.8 Å². The molecule has 11 heteroatoms. The molecule has 2 rings (SSSR count). The van der Waals surface area contributed by atoms with Crippen LogP contribution in [0.5, 0.6) is 5.88 Å². The summed E-state index contributed by atoms with van der Waals surface area (Å²) < 4.78 is 46.9. The molecular formula is C16H24Cl2F3N3O3. The van der Waals surface area contributed by atoms with E-state index in [9.17, 15) is 18.0 Å². The van der Waals surface area contributed by atoms with E-state index in [1.807, 2.05) is 0 Å². The molecule has 0 atom stereocenters. The number of amides is 1. The molecule has 1 aromatic heterocycles. The van der Waals surface area contributed by atoms with Crippen molar-refractivity contribution in [2.24, 2.45) is 5.41 Å². The van der Waals surface area contributed by atoms with Gasteiger partial charge in [0.2, 0.25) is 5.88 Å². The lowest BCUT2D eigenvalue weighted by molar-refractivity contribution is -0.154. The van der Waals surface area contributed by atoms with Crippen molar-refractivity contribution in [3.05, 3.63) is 23.9 Å². The number of piperidine rings is 1. The number of ether oxygens (including phenoxy) is 2. The molecule has 0 radical (unpaired) electrons. The number of alkyl halides is 3. The van der Waals surface area contributed by atoms with E-state index in [0.29, 0.717) is 13.2 Å². The molecule has 0 aliphatic carbocycles. The van der Waals surface area contributed by atoms with Gasteiger partial charge in [0.15, 0.2) is 6.61 Å². The lowest BCUT2D eigenvalue weighted by Gasteiger charge is -2.37. The Labute approximate surface area is 168 Å². The van der Waals surface area contributed by atoms with Gasteiger partial charge in [0.05, 0.1) is 6.61 Å². The van der Waals surface area contributed by atoms with Crippen LogP contribution < -0.4 is 15.4 Å². The second-order valence-corrected chi connectivity index (χ2v) is 6.13. The Bertz CT molecular complexity index is 580. The summed E-state index contributed by atoms with van der Waals surface area (Å²) in [6.45, 7) is 1.02. The Morgan fingerprint density at radius 1 is 1.33 bits per heavy atom. The van der Waals surface area contributed by atoms with Crippen LogP contribution in [-0.2, 0) is 4.74 Å². The standard InChI is InChI=1S/C16H22F3N3O3.2ClH/c1-24-10-15(4-7-20-8-5-15)9-22-13(23)12-3-2-6-21-14(12)25-11-16(17,18)19;;/h2-3,6,20H,4-5,7-11H2,1H3,(H,22,23);2*1H. The first-order valence-corrected chi connectivity index (χ1v) is 7.98. The first-order valence-electron chi connectivity index (χ1n) is 7.98. The summed E-state index contributed by atoms with van der Waals surface area (Å²) in [5.74, 6) is -0.845. The molecule has 27 heavy (non-hydrogen) atoms. The minimum absolute atomic E-state index is 0. The van der Waals surface area contributed by atoms with Crippen LogP contribution in [0.4, 0.5) is 13.2 Å². The van der Waals surface area contributed by atoms with Crippen molar-refractivity contribution in [2.45, 2.75) is 19.0 Å². The summed E-state index contributed by atoms with van der Waals surface area (Å²) in [4.78, 5) is 16.1. The highest BCUT2D eigenvalue weighted by atomic mass is 35.5. The molecule has 1 aromatic rings.